The minimum Gasteiger partial charge on any atom is -0.493 e. The lowest BCUT2D eigenvalue weighted by Gasteiger charge is -2.21. The molecule has 0 saturated heterocycles. The van der Waals surface area contributed by atoms with Crippen molar-refractivity contribution in [2.75, 3.05) is 20.8 Å². The predicted octanol–water partition coefficient (Wildman–Crippen LogP) is 3.15. The smallest absolute Gasteiger partial charge is 0.165 e. The summed E-state index contributed by atoms with van der Waals surface area (Å²) in [6.45, 7) is 5.35. The van der Waals surface area contributed by atoms with Gasteiger partial charge in [0.25, 0.3) is 0 Å². The molecule has 3 nitrogen and oxygen atoms in total. The lowest BCUT2D eigenvalue weighted by atomic mass is 10.0. The van der Waals surface area contributed by atoms with Gasteiger partial charge in [0.1, 0.15) is 0 Å². The van der Waals surface area contributed by atoms with Gasteiger partial charge in [-0.2, -0.15) is 0 Å². The second-order valence-corrected chi connectivity index (χ2v) is 4.00. The standard InChI is InChI=1S/C14H23NO2/c1-5-10-15-12(6-2)11-8-7-9-13(16-3)14(11)17-4/h7-9,12,15H,5-6,10H2,1-4H3. The van der Waals surface area contributed by atoms with Crippen LogP contribution in [0.5, 0.6) is 11.5 Å². The van der Waals surface area contributed by atoms with Gasteiger partial charge in [-0.05, 0) is 25.5 Å². The molecule has 0 aliphatic carbocycles. The minimum atomic E-state index is 0.319. The Morgan fingerprint density at radius 1 is 1.18 bits per heavy atom. The summed E-state index contributed by atoms with van der Waals surface area (Å²) in [6, 6.07) is 6.35. The number of para-hydroxylation sites is 1. The van der Waals surface area contributed by atoms with Crippen LogP contribution in [-0.4, -0.2) is 20.8 Å². The van der Waals surface area contributed by atoms with Gasteiger partial charge in [0.05, 0.1) is 14.2 Å². The first-order valence-corrected chi connectivity index (χ1v) is 6.22. The van der Waals surface area contributed by atoms with Crippen molar-refractivity contribution >= 4 is 0 Å². The molecule has 1 aromatic rings. The van der Waals surface area contributed by atoms with E-state index in [1.165, 1.54) is 5.56 Å². The van der Waals surface area contributed by atoms with Crippen LogP contribution in [0.25, 0.3) is 0 Å². The highest BCUT2D eigenvalue weighted by Gasteiger charge is 2.16. The minimum absolute atomic E-state index is 0.319. The normalized spacial score (nSPS) is 12.2. The highest BCUT2D eigenvalue weighted by atomic mass is 16.5. The van der Waals surface area contributed by atoms with E-state index >= 15 is 0 Å². The summed E-state index contributed by atoms with van der Waals surface area (Å²) in [5.41, 5.74) is 1.17. The molecule has 1 atom stereocenters. The van der Waals surface area contributed by atoms with E-state index in [0.29, 0.717) is 6.04 Å². The van der Waals surface area contributed by atoms with Crippen LogP contribution < -0.4 is 14.8 Å². The van der Waals surface area contributed by atoms with Gasteiger partial charge in [0, 0.05) is 11.6 Å². The monoisotopic (exact) mass is 237 g/mol. The van der Waals surface area contributed by atoms with Crippen molar-refractivity contribution in [3.05, 3.63) is 23.8 Å². The lowest BCUT2D eigenvalue weighted by molar-refractivity contribution is 0.345. The SMILES string of the molecule is CCCNC(CC)c1cccc(OC)c1OC. The molecule has 1 aromatic carbocycles. The first kappa shape index (κ1) is 13.8. The largest absolute Gasteiger partial charge is 0.493 e. The van der Waals surface area contributed by atoms with Gasteiger partial charge in [0.2, 0.25) is 0 Å². The molecule has 0 amide bonds. The Kier molecular flexibility index (Phi) is 5.84. The van der Waals surface area contributed by atoms with Crippen LogP contribution >= 0.6 is 0 Å². The second kappa shape index (κ2) is 7.17. The van der Waals surface area contributed by atoms with E-state index in [9.17, 15) is 0 Å². The first-order valence-electron chi connectivity index (χ1n) is 6.22. The Morgan fingerprint density at radius 3 is 2.47 bits per heavy atom. The Labute approximate surface area is 104 Å². The van der Waals surface area contributed by atoms with Crippen molar-refractivity contribution in [1.82, 2.24) is 5.32 Å². The molecule has 0 saturated carbocycles. The Bertz CT molecular complexity index is 339. The molecule has 1 rings (SSSR count). The van der Waals surface area contributed by atoms with Crippen LogP contribution in [0.3, 0.4) is 0 Å². The van der Waals surface area contributed by atoms with Gasteiger partial charge in [-0.3, -0.25) is 0 Å². The maximum absolute atomic E-state index is 5.47. The Morgan fingerprint density at radius 2 is 1.94 bits per heavy atom. The molecular formula is C14H23NO2. The number of hydrogen-bond donors (Lipinski definition) is 1. The average Bonchev–Trinajstić information content (AvgIpc) is 2.39. The van der Waals surface area contributed by atoms with E-state index in [-0.39, 0.29) is 0 Å². The van der Waals surface area contributed by atoms with Crippen molar-refractivity contribution in [2.45, 2.75) is 32.7 Å². The molecular weight excluding hydrogens is 214 g/mol. The van der Waals surface area contributed by atoms with Gasteiger partial charge >= 0.3 is 0 Å². The number of rotatable bonds is 7. The fraction of sp³-hybridized carbons (Fsp3) is 0.571. The first-order chi connectivity index (χ1) is 8.28. The van der Waals surface area contributed by atoms with Gasteiger partial charge < -0.3 is 14.8 Å². The van der Waals surface area contributed by atoms with E-state index in [4.69, 9.17) is 9.47 Å². The molecule has 0 aliphatic heterocycles. The molecule has 0 bridgehead atoms. The molecule has 0 fully saturated rings. The quantitative estimate of drug-likeness (QED) is 0.790. The molecule has 0 spiro atoms. The predicted molar refractivity (Wildman–Crippen MR) is 70.9 cm³/mol. The molecule has 1 unspecified atom stereocenters. The summed E-state index contributed by atoms with van der Waals surface area (Å²) in [6.07, 6.45) is 2.16. The van der Waals surface area contributed by atoms with Gasteiger partial charge in [-0.1, -0.05) is 26.0 Å². The van der Waals surface area contributed by atoms with Crippen LogP contribution in [0.2, 0.25) is 0 Å². The molecule has 0 aromatic heterocycles. The number of ether oxygens (including phenoxy) is 2. The topological polar surface area (TPSA) is 30.5 Å². The zero-order chi connectivity index (χ0) is 12.7. The highest BCUT2D eigenvalue weighted by molar-refractivity contribution is 5.48. The Balaban J connectivity index is 3.00. The summed E-state index contributed by atoms with van der Waals surface area (Å²) in [7, 11) is 3.36. The fourth-order valence-corrected chi connectivity index (χ4v) is 1.98. The number of benzene rings is 1. The zero-order valence-electron chi connectivity index (χ0n) is 11.2. The molecule has 0 radical (unpaired) electrons. The summed E-state index contributed by atoms with van der Waals surface area (Å²) in [5.74, 6) is 1.63. The third-order valence-corrected chi connectivity index (χ3v) is 2.86. The van der Waals surface area contributed by atoms with E-state index in [1.807, 2.05) is 12.1 Å². The van der Waals surface area contributed by atoms with Crippen molar-refractivity contribution in [1.29, 1.82) is 0 Å². The number of nitrogens with one attached hydrogen (secondary N) is 1. The zero-order valence-corrected chi connectivity index (χ0v) is 11.2. The summed E-state index contributed by atoms with van der Waals surface area (Å²) in [4.78, 5) is 0. The summed E-state index contributed by atoms with van der Waals surface area (Å²) in [5, 5.41) is 3.53. The van der Waals surface area contributed by atoms with Crippen molar-refractivity contribution < 1.29 is 9.47 Å². The van der Waals surface area contributed by atoms with Gasteiger partial charge in [-0.25, -0.2) is 0 Å². The number of hydrogen-bond acceptors (Lipinski definition) is 3. The molecule has 96 valence electrons. The average molecular weight is 237 g/mol. The van der Waals surface area contributed by atoms with E-state index in [1.54, 1.807) is 14.2 Å². The van der Waals surface area contributed by atoms with E-state index < -0.39 is 0 Å². The van der Waals surface area contributed by atoms with Gasteiger partial charge in [-0.15, -0.1) is 0 Å². The van der Waals surface area contributed by atoms with Crippen LogP contribution in [0.4, 0.5) is 0 Å². The maximum atomic E-state index is 5.47. The van der Waals surface area contributed by atoms with Crippen LogP contribution in [-0.2, 0) is 0 Å². The van der Waals surface area contributed by atoms with Crippen molar-refractivity contribution in [2.24, 2.45) is 0 Å². The molecule has 17 heavy (non-hydrogen) atoms. The summed E-state index contributed by atoms with van der Waals surface area (Å²) < 4.78 is 10.8. The molecule has 0 heterocycles. The van der Waals surface area contributed by atoms with Crippen LogP contribution in [0.15, 0.2) is 18.2 Å². The Hall–Kier alpha value is -1.22. The lowest BCUT2D eigenvalue weighted by Crippen LogP contribution is -2.22. The van der Waals surface area contributed by atoms with Gasteiger partial charge in [0.15, 0.2) is 11.5 Å². The third kappa shape index (κ3) is 3.37. The van der Waals surface area contributed by atoms with E-state index in [0.717, 1.165) is 30.9 Å². The van der Waals surface area contributed by atoms with Crippen LogP contribution in [0.1, 0.15) is 38.3 Å². The van der Waals surface area contributed by atoms with Crippen LogP contribution in [0, 0.1) is 0 Å². The maximum Gasteiger partial charge on any atom is 0.165 e. The molecule has 0 aliphatic rings. The van der Waals surface area contributed by atoms with Crippen molar-refractivity contribution in [3.63, 3.8) is 0 Å². The third-order valence-electron chi connectivity index (χ3n) is 2.86. The highest BCUT2D eigenvalue weighted by Crippen LogP contribution is 2.35. The fourth-order valence-electron chi connectivity index (χ4n) is 1.98. The molecule has 1 N–H and O–H groups in total. The molecule has 3 heteroatoms. The second-order valence-electron chi connectivity index (χ2n) is 4.00. The van der Waals surface area contributed by atoms with E-state index in [2.05, 4.69) is 25.2 Å². The van der Waals surface area contributed by atoms with Crippen molar-refractivity contribution in [3.8, 4) is 11.5 Å². The number of methoxy groups -OCH3 is 2. The summed E-state index contributed by atoms with van der Waals surface area (Å²) >= 11 is 0.